The zero-order chi connectivity index (χ0) is 20.5. The number of aromatic nitrogens is 4. The summed E-state index contributed by atoms with van der Waals surface area (Å²) in [6, 6.07) is 17.6. The van der Waals surface area contributed by atoms with Crippen LogP contribution < -0.4 is 5.32 Å². The minimum atomic E-state index is -0.345. The number of fused-ring (bicyclic) bond motifs is 1. The Morgan fingerprint density at radius 2 is 1.80 bits per heavy atom. The molecule has 1 atom stereocenters. The number of carbonyl (C=O) groups is 1. The Morgan fingerprint density at radius 3 is 2.60 bits per heavy atom. The summed E-state index contributed by atoms with van der Waals surface area (Å²) >= 11 is 0. The molecule has 7 heteroatoms. The maximum atomic E-state index is 13.4. The largest absolute Gasteiger partial charge is 0.344 e. The van der Waals surface area contributed by atoms with E-state index in [9.17, 15) is 9.18 Å². The van der Waals surface area contributed by atoms with Crippen LogP contribution in [0.25, 0.3) is 16.9 Å². The van der Waals surface area contributed by atoms with E-state index in [1.807, 2.05) is 18.2 Å². The first-order chi connectivity index (χ1) is 14.7. The van der Waals surface area contributed by atoms with Crippen molar-refractivity contribution in [3.05, 3.63) is 95.7 Å². The minimum Gasteiger partial charge on any atom is -0.344 e. The van der Waals surface area contributed by atoms with Crippen LogP contribution in [0.5, 0.6) is 0 Å². The number of halogens is 1. The summed E-state index contributed by atoms with van der Waals surface area (Å²) in [5.74, 6) is -0.640. The SMILES string of the molecule is O=C(N[C@@H]1CCc2ccccc21)c1nnn(-c2ccc(F)cc2)c1-c1ccncc1. The molecule has 0 radical (unpaired) electrons. The van der Waals surface area contributed by atoms with Gasteiger partial charge in [0.2, 0.25) is 0 Å². The summed E-state index contributed by atoms with van der Waals surface area (Å²) in [7, 11) is 0. The average molecular weight is 399 g/mol. The van der Waals surface area contributed by atoms with E-state index >= 15 is 0 Å². The van der Waals surface area contributed by atoms with Crippen LogP contribution in [0, 0.1) is 5.82 Å². The van der Waals surface area contributed by atoms with Gasteiger partial charge in [-0.3, -0.25) is 9.78 Å². The number of amides is 1. The maximum absolute atomic E-state index is 13.4. The van der Waals surface area contributed by atoms with Gasteiger partial charge in [-0.2, -0.15) is 0 Å². The summed E-state index contributed by atoms with van der Waals surface area (Å²) in [4.78, 5) is 17.3. The van der Waals surface area contributed by atoms with Crippen molar-refractivity contribution in [1.82, 2.24) is 25.3 Å². The van der Waals surface area contributed by atoms with Gasteiger partial charge in [0.25, 0.3) is 5.91 Å². The van der Waals surface area contributed by atoms with Crippen molar-refractivity contribution in [1.29, 1.82) is 0 Å². The highest BCUT2D eigenvalue weighted by molar-refractivity contribution is 5.98. The molecule has 0 fully saturated rings. The molecule has 6 nitrogen and oxygen atoms in total. The Morgan fingerprint density at radius 1 is 1.03 bits per heavy atom. The highest BCUT2D eigenvalue weighted by Crippen LogP contribution is 2.32. The smallest absolute Gasteiger partial charge is 0.274 e. The quantitative estimate of drug-likeness (QED) is 0.565. The molecular weight excluding hydrogens is 381 g/mol. The Labute approximate surface area is 172 Å². The highest BCUT2D eigenvalue weighted by Gasteiger charge is 2.28. The summed E-state index contributed by atoms with van der Waals surface area (Å²) in [5.41, 5.74) is 4.51. The number of nitrogens with zero attached hydrogens (tertiary/aromatic N) is 4. The van der Waals surface area contributed by atoms with E-state index in [1.165, 1.54) is 17.7 Å². The molecule has 0 aliphatic heterocycles. The topological polar surface area (TPSA) is 72.7 Å². The van der Waals surface area contributed by atoms with E-state index in [0.29, 0.717) is 11.4 Å². The Hall–Kier alpha value is -3.87. The van der Waals surface area contributed by atoms with E-state index in [0.717, 1.165) is 24.0 Å². The van der Waals surface area contributed by atoms with Crippen molar-refractivity contribution in [2.75, 3.05) is 0 Å². The van der Waals surface area contributed by atoms with E-state index in [1.54, 1.807) is 41.3 Å². The number of rotatable bonds is 4. The summed E-state index contributed by atoms with van der Waals surface area (Å²) in [6.45, 7) is 0. The first kappa shape index (κ1) is 18.2. The van der Waals surface area contributed by atoms with Crippen LogP contribution in [-0.2, 0) is 6.42 Å². The van der Waals surface area contributed by atoms with Crippen LogP contribution in [0.3, 0.4) is 0 Å². The van der Waals surface area contributed by atoms with Crippen LogP contribution in [0.2, 0.25) is 0 Å². The van der Waals surface area contributed by atoms with Gasteiger partial charge in [0.1, 0.15) is 11.5 Å². The lowest BCUT2D eigenvalue weighted by molar-refractivity contribution is 0.0932. The van der Waals surface area contributed by atoms with Gasteiger partial charge >= 0.3 is 0 Å². The normalized spacial score (nSPS) is 15.0. The van der Waals surface area contributed by atoms with Gasteiger partial charge in [-0.25, -0.2) is 9.07 Å². The van der Waals surface area contributed by atoms with Gasteiger partial charge in [-0.05, 0) is 60.4 Å². The lowest BCUT2D eigenvalue weighted by Crippen LogP contribution is -2.28. The predicted octanol–water partition coefficient (Wildman–Crippen LogP) is 3.89. The lowest BCUT2D eigenvalue weighted by atomic mass is 10.1. The third kappa shape index (κ3) is 3.24. The fourth-order valence-corrected chi connectivity index (χ4v) is 3.90. The van der Waals surface area contributed by atoms with E-state index < -0.39 is 0 Å². The van der Waals surface area contributed by atoms with Crippen LogP contribution >= 0.6 is 0 Å². The molecule has 2 heterocycles. The molecule has 148 valence electrons. The summed E-state index contributed by atoms with van der Waals surface area (Å²) < 4.78 is 14.9. The maximum Gasteiger partial charge on any atom is 0.274 e. The second-order valence-corrected chi connectivity index (χ2v) is 7.17. The Kier molecular flexibility index (Phi) is 4.55. The molecule has 30 heavy (non-hydrogen) atoms. The highest BCUT2D eigenvalue weighted by atomic mass is 19.1. The van der Waals surface area contributed by atoms with Crippen LogP contribution in [0.15, 0.2) is 73.1 Å². The second-order valence-electron chi connectivity index (χ2n) is 7.17. The molecule has 4 aromatic rings. The van der Waals surface area contributed by atoms with E-state index in [2.05, 4.69) is 26.7 Å². The first-order valence-corrected chi connectivity index (χ1v) is 9.71. The fourth-order valence-electron chi connectivity index (χ4n) is 3.90. The van der Waals surface area contributed by atoms with Crippen molar-refractivity contribution in [2.45, 2.75) is 18.9 Å². The second kappa shape index (κ2) is 7.51. The molecule has 0 bridgehead atoms. The number of hydrogen-bond acceptors (Lipinski definition) is 4. The molecule has 0 saturated heterocycles. The molecular formula is C23H18FN5O. The third-order valence-electron chi connectivity index (χ3n) is 5.35. The molecule has 0 saturated carbocycles. The van der Waals surface area contributed by atoms with Crippen molar-refractivity contribution >= 4 is 5.91 Å². The van der Waals surface area contributed by atoms with Crippen molar-refractivity contribution < 1.29 is 9.18 Å². The number of benzene rings is 2. The predicted molar refractivity (Wildman–Crippen MR) is 110 cm³/mol. The summed E-state index contributed by atoms with van der Waals surface area (Å²) in [5, 5.41) is 11.5. The molecule has 1 aliphatic rings. The number of hydrogen-bond donors (Lipinski definition) is 1. The molecule has 1 amide bonds. The molecule has 5 rings (SSSR count). The third-order valence-corrected chi connectivity index (χ3v) is 5.35. The Balaban J connectivity index is 1.54. The Bertz CT molecular complexity index is 1200. The molecule has 0 unspecified atom stereocenters. The van der Waals surface area contributed by atoms with Crippen LogP contribution in [-0.4, -0.2) is 25.9 Å². The van der Waals surface area contributed by atoms with Crippen LogP contribution in [0.1, 0.15) is 34.1 Å². The molecule has 1 N–H and O–H groups in total. The number of carbonyl (C=O) groups excluding carboxylic acids is 1. The number of pyridine rings is 1. The number of nitrogens with one attached hydrogen (secondary N) is 1. The van der Waals surface area contributed by atoms with Gasteiger partial charge in [0.15, 0.2) is 5.69 Å². The van der Waals surface area contributed by atoms with Gasteiger partial charge in [0.05, 0.1) is 11.7 Å². The van der Waals surface area contributed by atoms with Crippen molar-refractivity contribution in [3.8, 4) is 16.9 Å². The minimum absolute atomic E-state index is 0.0602. The van der Waals surface area contributed by atoms with Crippen molar-refractivity contribution in [3.63, 3.8) is 0 Å². The van der Waals surface area contributed by atoms with E-state index in [4.69, 9.17) is 0 Å². The van der Waals surface area contributed by atoms with Gasteiger partial charge in [-0.15, -0.1) is 5.10 Å². The molecule has 2 aromatic carbocycles. The standard InChI is InChI=1S/C23H18FN5O/c24-17-6-8-18(9-7-17)29-22(16-11-13-25-14-12-16)21(27-28-29)23(30)26-20-10-5-15-3-1-2-4-19(15)20/h1-4,6-9,11-14,20H,5,10H2,(H,26,30)/t20-/m1/s1. The van der Waals surface area contributed by atoms with Gasteiger partial charge in [-0.1, -0.05) is 29.5 Å². The lowest BCUT2D eigenvalue weighted by Gasteiger charge is -2.14. The zero-order valence-corrected chi connectivity index (χ0v) is 16.0. The monoisotopic (exact) mass is 399 g/mol. The van der Waals surface area contributed by atoms with E-state index in [-0.39, 0.29) is 23.5 Å². The van der Waals surface area contributed by atoms with Gasteiger partial charge < -0.3 is 5.32 Å². The van der Waals surface area contributed by atoms with Gasteiger partial charge in [0, 0.05) is 18.0 Å². The molecule has 0 spiro atoms. The fraction of sp³-hybridized carbons (Fsp3) is 0.130. The molecule has 1 aliphatic carbocycles. The van der Waals surface area contributed by atoms with Crippen molar-refractivity contribution in [2.24, 2.45) is 0 Å². The average Bonchev–Trinajstić information content (AvgIpc) is 3.40. The molecule has 2 aromatic heterocycles. The first-order valence-electron chi connectivity index (χ1n) is 9.71. The number of aryl methyl sites for hydroxylation is 1. The summed E-state index contributed by atoms with van der Waals surface area (Å²) in [6.07, 6.45) is 5.07. The zero-order valence-electron chi connectivity index (χ0n) is 16.0. The van der Waals surface area contributed by atoms with Crippen LogP contribution in [0.4, 0.5) is 4.39 Å².